The quantitative estimate of drug-likeness (QED) is 0.472. The van der Waals surface area contributed by atoms with E-state index in [1.54, 1.807) is 0 Å². The number of benzene rings is 2. The number of anilines is 2. The number of thiophene rings is 1. The van der Waals surface area contributed by atoms with Gasteiger partial charge < -0.3 is 5.32 Å². The predicted octanol–water partition coefficient (Wildman–Crippen LogP) is 6.21. The van der Waals surface area contributed by atoms with Gasteiger partial charge >= 0.3 is 12.2 Å². The van der Waals surface area contributed by atoms with Crippen molar-refractivity contribution in [3.05, 3.63) is 70.1 Å². The third-order valence-corrected chi connectivity index (χ3v) is 7.38. The topological polar surface area (TPSA) is 75.3 Å². The lowest BCUT2D eigenvalue weighted by Gasteiger charge is -2.11. The van der Waals surface area contributed by atoms with Crippen molar-refractivity contribution < 1.29 is 26.4 Å². The van der Waals surface area contributed by atoms with Gasteiger partial charge in [0.2, 0.25) is 9.84 Å². The van der Waals surface area contributed by atoms with Crippen molar-refractivity contribution in [1.82, 2.24) is 0 Å². The summed E-state index contributed by atoms with van der Waals surface area (Å²) in [6.07, 6.45) is -4.54. The molecule has 0 aliphatic carbocycles. The third-order valence-electron chi connectivity index (χ3n) is 4.08. The highest BCUT2D eigenvalue weighted by atomic mass is 35.5. The molecule has 5 nitrogen and oxygen atoms in total. The van der Waals surface area contributed by atoms with E-state index in [2.05, 4.69) is 10.6 Å². The van der Waals surface area contributed by atoms with E-state index in [9.17, 15) is 26.4 Å². The minimum atomic E-state index is -4.54. The van der Waals surface area contributed by atoms with Crippen LogP contribution in [-0.4, -0.2) is 14.4 Å². The molecule has 30 heavy (non-hydrogen) atoms. The number of halogens is 4. The summed E-state index contributed by atoms with van der Waals surface area (Å²) >= 11 is 6.78. The zero-order valence-corrected chi connectivity index (χ0v) is 17.6. The summed E-state index contributed by atoms with van der Waals surface area (Å²) in [5, 5.41) is 6.82. The highest BCUT2D eigenvalue weighted by Crippen LogP contribution is 2.35. The molecule has 2 aromatic carbocycles. The van der Waals surface area contributed by atoms with E-state index < -0.39 is 27.6 Å². The molecule has 11 heteroatoms. The van der Waals surface area contributed by atoms with Crippen molar-refractivity contribution in [2.24, 2.45) is 0 Å². The second-order valence-electron chi connectivity index (χ2n) is 6.17. The number of sulfone groups is 1. The number of urea groups is 1. The molecule has 2 N–H and O–H groups in total. The van der Waals surface area contributed by atoms with Gasteiger partial charge in [0.05, 0.1) is 15.4 Å². The lowest BCUT2D eigenvalue weighted by Crippen LogP contribution is -2.19. The number of carbonyl (C=O) groups excluding carboxylic acids is 1. The Hall–Kier alpha value is -2.56. The zero-order valence-electron chi connectivity index (χ0n) is 15.2. The van der Waals surface area contributed by atoms with Gasteiger partial charge in [-0.15, -0.1) is 11.3 Å². The molecule has 3 rings (SSSR count). The Morgan fingerprint density at radius 3 is 2.37 bits per heavy atom. The molecule has 3 aromatic rings. The van der Waals surface area contributed by atoms with Crippen molar-refractivity contribution in [3.8, 4) is 0 Å². The normalized spacial score (nSPS) is 11.9. The van der Waals surface area contributed by atoms with Gasteiger partial charge in [0.25, 0.3) is 0 Å². The molecule has 0 aliphatic rings. The summed E-state index contributed by atoms with van der Waals surface area (Å²) in [6.45, 7) is 1.53. The molecule has 0 fully saturated rings. The molecular weight excluding hydrogens is 461 g/mol. The summed E-state index contributed by atoms with van der Waals surface area (Å²) < 4.78 is 64.0. The van der Waals surface area contributed by atoms with E-state index in [0.717, 1.165) is 23.5 Å². The summed E-state index contributed by atoms with van der Waals surface area (Å²) in [5.74, 6) is 0. The van der Waals surface area contributed by atoms with Gasteiger partial charge in [-0.2, -0.15) is 13.2 Å². The fourth-order valence-electron chi connectivity index (χ4n) is 2.57. The summed E-state index contributed by atoms with van der Waals surface area (Å²) in [6, 6.07) is 9.05. The Bertz CT molecular complexity index is 1190. The maximum absolute atomic E-state index is 12.8. The number of rotatable bonds is 4. The third kappa shape index (κ3) is 4.77. The molecule has 0 aliphatic heterocycles. The van der Waals surface area contributed by atoms with E-state index >= 15 is 0 Å². The van der Waals surface area contributed by atoms with Crippen LogP contribution < -0.4 is 10.6 Å². The predicted molar refractivity (Wildman–Crippen MR) is 110 cm³/mol. The maximum Gasteiger partial charge on any atom is 0.416 e. The number of hydrogen-bond acceptors (Lipinski definition) is 4. The van der Waals surface area contributed by atoms with Gasteiger partial charge in [-0.25, -0.2) is 13.2 Å². The fraction of sp³-hybridized carbons (Fsp3) is 0.105. The van der Waals surface area contributed by atoms with E-state index in [1.165, 1.54) is 48.7 Å². The molecule has 0 bridgehead atoms. The van der Waals surface area contributed by atoms with E-state index in [0.29, 0.717) is 10.6 Å². The monoisotopic (exact) mass is 474 g/mol. The molecule has 0 saturated carbocycles. The van der Waals surface area contributed by atoms with Crippen LogP contribution in [0.5, 0.6) is 0 Å². The molecule has 1 heterocycles. The Kier molecular flexibility index (Phi) is 6.11. The SMILES string of the molecule is Cc1c(S(=O)(=O)c2ccc(Cl)cc2)csc1NC(=O)Nc1cccc(C(F)(F)F)c1. The van der Waals surface area contributed by atoms with Gasteiger partial charge in [0.1, 0.15) is 5.00 Å². The number of alkyl halides is 3. The van der Waals surface area contributed by atoms with Crippen LogP contribution in [-0.2, 0) is 16.0 Å². The number of amides is 2. The smallest absolute Gasteiger partial charge is 0.308 e. The Labute approximate surface area is 179 Å². The van der Waals surface area contributed by atoms with Crippen molar-refractivity contribution in [2.75, 3.05) is 10.6 Å². The first-order chi connectivity index (χ1) is 14.0. The van der Waals surface area contributed by atoms with Gasteiger partial charge in [-0.3, -0.25) is 5.32 Å². The number of nitrogens with one attached hydrogen (secondary N) is 2. The first-order valence-electron chi connectivity index (χ1n) is 8.32. The minimum absolute atomic E-state index is 0.0178. The molecular formula is C19H14ClF3N2O3S2. The van der Waals surface area contributed by atoms with Gasteiger partial charge in [0.15, 0.2) is 0 Å². The van der Waals surface area contributed by atoms with Crippen LogP contribution in [0.3, 0.4) is 0 Å². The zero-order chi connectivity index (χ0) is 22.1. The lowest BCUT2D eigenvalue weighted by atomic mass is 10.2. The van der Waals surface area contributed by atoms with Gasteiger partial charge in [0, 0.05) is 21.7 Å². The van der Waals surface area contributed by atoms with Gasteiger partial charge in [-0.1, -0.05) is 17.7 Å². The van der Waals surface area contributed by atoms with E-state index in [4.69, 9.17) is 11.6 Å². The summed E-state index contributed by atoms with van der Waals surface area (Å²) in [4.78, 5) is 12.3. The molecule has 2 amide bonds. The molecule has 0 unspecified atom stereocenters. The van der Waals surface area contributed by atoms with Crippen LogP contribution in [0.15, 0.2) is 63.7 Å². The Balaban J connectivity index is 1.78. The van der Waals surface area contributed by atoms with E-state index in [-0.39, 0.29) is 20.5 Å². The molecule has 158 valence electrons. The van der Waals surface area contributed by atoms with E-state index in [1.807, 2.05) is 0 Å². The maximum atomic E-state index is 12.8. The van der Waals surface area contributed by atoms with Crippen molar-refractivity contribution in [2.45, 2.75) is 22.9 Å². The Morgan fingerprint density at radius 1 is 1.07 bits per heavy atom. The van der Waals surface area contributed by atoms with Crippen LogP contribution in [0.2, 0.25) is 5.02 Å². The van der Waals surface area contributed by atoms with Gasteiger partial charge in [-0.05, 0) is 49.4 Å². The van der Waals surface area contributed by atoms with Crippen LogP contribution in [0, 0.1) is 6.92 Å². The van der Waals surface area contributed by atoms with Crippen LogP contribution in [0.25, 0.3) is 0 Å². The second kappa shape index (κ2) is 8.29. The first kappa shape index (κ1) is 22.1. The average Bonchev–Trinajstić information content (AvgIpc) is 3.02. The van der Waals surface area contributed by atoms with Crippen LogP contribution >= 0.6 is 22.9 Å². The lowest BCUT2D eigenvalue weighted by molar-refractivity contribution is -0.137. The molecule has 0 saturated heterocycles. The summed E-state index contributed by atoms with van der Waals surface area (Å²) in [5.41, 5.74) is -0.636. The highest BCUT2D eigenvalue weighted by molar-refractivity contribution is 7.91. The van der Waals surface area contributed by atoms with Crippen molar-refractivity contribution in [1.29, 1.82) is 0 Å². The Morgan fingerprint density at radius 2 is 1.73 bits per heavy atom. The molecule has 1 aromatic heterocycles. The standard InChI is InChI=1S/C19H14ClF3N2O3S2/c1-11-16(30(27,28)15-7-5-13(20)6-8-15)10-29-17(11)25-18(26)24-14-4-2-3-12(9-14)19(21,22)23/h2-10H,1H3,(H2,24,25,26). The van der Waals surface area contributed by atoms with Crippen LogP contribution in [0.1, 0.15) is 11.1 Å². The summed E-state index contributed by atoms with van der Waals surface area (Å²) in [7, 11) is -3.83. The van der Waals surface area contributed by atoms with Crippen molar-refractivity contribution in [3.63, 3.8) is 0 Å². The molecule has 0 spiro atoms. The van der Waals surface area contributed by atoms with Crippen molar-refractivity contribution >= 4 is 49.5 Å². The second-order valence-corrected chi connectivity index (χ2v) is 9.40. The largest absolute Gasteiger partial charge is 0.416 e. The number of hydrogen-bond donors (Lipinski definition) is 2. The highest BCUT2D eigenvalue weighted by Gasteiger charge is 2.30. The van der Waals surface area contributed by atoms with Crippen LogP contribution in [0.4, 0.5) is 28.7 Å². The molecule has 0 radical (unpaired) electrons. The minimum Gasteiger partial charge on any atom is -0.308 e. The fourth-order valence-corrected chi connectivity index (χ4v) is 5.50. The first-order valence-corrected chi connectivity index (χ1v) is 11.1. The average molecular weight is 475 g/mol. The number of carbonyl (C=O) groups is 1. The molecule has 0 atom stereocenters.